The van der Waals surface area contributed by atoms with Crippen molar-refractivity contribution in [1.29, 1.82) is 0 Å². The normalized spacial score (nSPS) is 9.69. The molecule has 0 aromatic carbocycles. The minimum Gasteiger partial charge on any atom is -0.366 e. The largest absolute Gasteiger partial charge is 0.366 e. The first kappa shape index (κ1) is 10.7. The van der Waals surface area contributed by atoms with Crippen LogP contribution < -0.4 is 10.6 Å². The highest BCUT2D eigenvalue weighted by Crippen LogP contribution is 2.18. The van der Waals surface area contributed by atoms with Gasteiger partial charge in [0.05, 0.1) is 6.54 Å². The van der Waals surface area contributed by atoms with Crippen molar-refractivity contribution in [3.63, 3.8) is 0 Å². The average molecular weight is 234 g/mol. The first-order chi connectivity index (χ1) is 6.26. The maximum atomic E-state index is 4.92. The van der Waals surface area contributed by atoms with E-state index in [2.05, 4.69) is 20.8 Å². The number of nitrogens with one attached hydrogen (secondary N) is 2. The number of thiocarbonyl (C=S) groups is 1. The molecule has 0 aliphatic rings. The van der Waals surface area contributed by atoms with Crippen LogP contribution >= 0.6 is 35.3 Å². The molecular formula is C6H10N4S3. The van der Waals surface area contributed by atoms with Crippen molar-refractivity contribution >= 4 is 40.4 Å². The van der Waals surface area contributed by atoms with Crippen LogP contribution in [0.1, 0.15) is 5.01 Å². The first-order valence-corrected chi connectivity index (χ1v) is 6.03. The number of thioether (sulfide) groups is 1. The molecule has 2 N–H and O–H groups in total. The summed E-state index contributed by atoms with van der Waals surface area (Å²) in [5.41, 5.74) is 0. The molecule has 0 fully saturated rings. The van der Waals surface area contributed by atoms with E-state index in [-0.39, 0.29) is 0 Å². The number of nitrogens with zero attached hydrogens (tertiary/aromatic N) is 2. The molecule has 0 radical (unpaired) electrons. The van der Waals surface area contributed by atoms with Crippen LogP contribution in [0.15, 0.2) is 4.34 Å². The second-order valence-electron chi connectivity index (χ2n) is 2.10. The SMILES string of the molecule is CNC(=S)NCc1nnc(SC)s1. The number of hydrogen-bond donors (Lipinski definition) is 2. The minimum absolute atomic E-state index is 0.626. The Morgan fingerprint density at radius 1 is 1.62 bits per heavy atom. The lowest BCUT2D eigenvalue weighted by molar-refractivity contribution is 0.847. The van der Waals surface area contributed by atoms with Crippen LogP contribution in [0.3, 0.4) is 0 Å². The van der Waals surface area contributed by atoms with E-state index in [1.54, 1.807) is 30.1 Å². The third-order valence-corrected chi connectivity index (χ3v) is 3.50. The molecule has 0 amide bonds. The van der Waals surface area contributed by atoms with E-state index in [1.165, 1.54) is 0 Å². The smallest absolute Gasteiger partial charge is 0.174 e. The van der Waals surface area contributed by atoms with E-state index in [9.17, 15) is 0 Å². The van der Waals surface area contributed by atoms with Gasteiger partial charge < -0.3 is 10.6 Å². The summed E-state index contributed by atoms with van der Waals surface area (Å²) in [6.45, 7) is 0.637. The molecule has 1 heterocycles. The fraction of sp³-hybridized carbons (Fsp3) is 0.500. The Morgan fingerprint density at radius 3 is 2.92 bits per heavy atom. The summed E-state index contributed by atoms with van der Waals surface area (Å²) in [4.78, 5) is 0. The van der Waals surface area contributed by atoms with Crippen molar-refractivity contribution in [2.45, 2.75) is 10.9 Å². The Labute approximate surface area is 90.5 Å². The molecule has 1 rings (SSSR count). The molecule has 1 aromatic rings. The van der Waals surface area contributed by atoms with E-state index >= 15 is 0 Å². The van der Waals surface area contributed by atoms with Crippen LogP contribution in [0.25, 0.3) is 0 Å². The molecule has 72 valence electrons. The van der Waals surface area contributed by atoms with Gasteiger partial charge in [-0.1, -0.05) is 23.1 Å². The van der Waals surface area contributed by atoms with Gasteiger partial charge in [0.1, 0.15) is 5.01 Å². The van der Waals surface area contributed by atoms with Gasteiger partial charge in [0.15, 0.2) is 9.45 Å². The van der Waals surface area contributed by atoms with Gasteiger partial charge in [0.2, 0.25) is 0 Å². The first-order valence-electron chi connectivity index (χ1n) is 3.58. The third-order valence-electron chi connectivity index (χ3n) is 1.25. The predicted octanol–water partition coefficient (Wildman–Crippen LogP) is 0.854. The highest BCUT2D eigenvalue weighted by molar-refractivity contribution is 8.00. The molecule has 0 atom stereocenters. The zero-order chi connectivity index (χ0) is 9.68. The predicted molar refractivity (Wildman–Crippen MR) is 60.2 cm³/mol. The van der Waals surface area contributed by atoms with E-state index in [4.69, 9.17) is 12.2 Å². The van der Waals surface area contributed by atoms with Crippen molar-refractivity contribution in [2.75, 3.05) is 13.3 Å². The van der Waals surface area contributed by atoms with Gasteiger partial charge in [-0.15, -0.1) is 10.2 Å². The Balaban J connectivity index is 2.41. The fourth-order valence-electron chi connectivity index (χ4n) is 0.636. The molecule has 0 aliphatic heterocycles. The topological polar surface area (TPSA) is 49.8 Å². The van der Waals surface area contributed by atoms with Crippen LogP contribution in [-0.4, -0.2) is 28.6 Å². The van der Waals surface area contributed by atoms with E-state index in [1.807, 2.05) is 6.26 Å². The second kappa shape index (κ2) is 5.36. The standard InChI is InChI=1S/C6H10N4S3/c1-7-5(11)8-3-4-9-10-6(12-2)13-4/h3H2,1-2H3,(H2,7,8,11). The van der Waals surface area contributed by atoms with Gasteiger partial charge >= 0.3 is 0 Å². The van der Waals surface area contributed by atoms with Crippen molar-refractivity contribution < 1.29 is 0 Å². The Morgan fingerprint density at radius 2 is 2.38 bits per heavy atom. The second-order valence-corrected chi connectivity index (χ2v) is 4.62. The maximum absolute atomic E-state index is 4.92. The molecular weight excluding hydrogens is 224 g/mol. The number of rotatable bonds is 3. The Kier molecular flexibility index (Phi) is 4.40. The zero-order valence-electron chi connectivity index (χ0n) is 7.33. The summed E-state index contributed by atoms with van der Waals surface area (Å²) < 4.78 is 0.979. The summed E-state index contributed by atoms with van der Waals surface area (Å²) in [7, 11) is 1.78. The molecule has 4 nitrogen and oxygen atoms in total. The van der Waals surface area contributed by atoms with Crippen LogP contribution in [-0.2, 0) is 6.54 Å². The molecule has 0 bridgehead atoms. The van der Waals surface area contributed by atoms with Gasteiger partial charge in [0, 0.05) is 7.05 Å². The lowest BCUT2D eigenvalue weighted by atomic mass is 10.7. The monoisotopic (exact) mass is 234 g/mol. The van der Waals surface area contributed by atoms with Crippen molar-refractivity contribution in [1.82, 2.24) is 20.8 Å². The van der Waals surface area contributed by atoms with Crippen molar-refractivity contribution in [2.24, 2.45) is 0 Å². The quantitative estimate of drug-likeness (QED) is 0.597. The number of aromatic nitrogens is 2. The fourth-order valence-corrected chi connectivity index (χ4v) is 1.96. The highest BCUT2D eigenvalue weighted by atomic mass is 32.2. The Hall–Kier alpha value is -0.400. The van der Waals surface area contributed by atoms with E-state index < -0.39 is 0 Å². The van der Waals surface area contributed by atoms with Crippen molar-refractivity contribution in [3.8, 4) is 0 Å². The van der Waals surface area contributed by atoms with Gasteiger partial charge in [0.25, 0.3) is 0 Å². The maximum Gasteiger partial charge on any atom is 0.174 e. The minimum atomic E-state index is 0.626. The van der Waals surface area contributed by atoms with E-state index in [0.29, 0.717) is 11.7 Å². The zero-order valence-corrected chi connectivity index (χ0v) is 9.78. The summed E-state index contributed by atoms with van der Waals surface area (Å²) in [6.07, 6.45) is 1.98. The van der Waals surface area contributed by atoms with Gasteiger partial charge in [-0.25, -0.2) is 0 Å². The molecule has 7 heteroatoms. The van der Waals surface area contributed by atoms with Gasteiger partial charge in [-0.2, -0.15) is 0 Å². The molecule has 0 saturated heterocycles. The van der Waals surface area contributed by atoms with Crippen LogP contribution in [0.2, 0.25) is 0 Å². The Bertz CT molecular complexity index is 285. The number of hydrogen-bond acceptors (Lipinski definition) is 5. The highest BCUT2D eigenvalue weighted by Gasteiger charge is 2.02. The summed E-state index contributed by atoms with van der Waals surface area (Å²) in [5.74, 6) is 0. The molecule has 13 heavy (non-hydrogen) atoms. The molecule has 0 spiro atoms. The van der Waals surface area contributed by atoms with Crippen LogP contribution in [0.4, 0.5) is 0 Å². The molecule has 0 aliphatic carbocycles. The van der Waals surface area contributed by atoms with Crippen molar-refractivity contribution in [3.05, 3.63) is 5.01 Å². The average Bonchev–Trinajstić information content (AvgIpc) is 2.61. The lowest BCUT2D eigenvalue weighted by Crippen LogP contribution is -2.31. The summed E-state index contributed by atoms with van der Waals surface area (Å²) in [5, 5.41) is 15.4. The summed E-state index contributed by atoms with van der Waals surface area (Å²) in [6, 6.07) is 0. The molecule has 1 aromatic heterocycles. The van der Waals surface area contributed by atoms with Gasteiger partial charge in [-0.05, 0) is 18.5 Å². The van der Waals surface area contributed by atoms with Gasteiger partial charge in [-0.3, -0.25) is 0 Å². The van der Waals surface area contributed by atoms with E-state index in [0.717, 1.165) is 9.35 Å². The molecule has 0 unspecified atom stereocenters. The summed E-state index contributed by atoms with van der Waals surface area (Å²) >= 11 is 8.09. The lowest BCUT2D eigenvalue weighted by Gasteiger charge is -2.02. The molecule has 0 saturated carbocycles. The third kappa shape index (κ3) is 3.45. The van der Waals surface area contributed by atoms with Crippen LogP contribution in [0.5, 0.6) is 0 Å². The van der Waals surface area contributed by atoms with Crippen LogP contribution in [0, 0.1) is 0 Å².